The number of pyridine rings is 1. The molecule has 1 aromatic carbocycles. The lowest BCUT2D eigenvalue weighted by Gasteiger charge is -2.07. The SMILES string of the molecule is COc1cc([N+](=O)[O-])c2nc(C)ccc2c1Br. The van der Waals surface area contributed by atoms with Gasteiger partial charge in [0.15, 0.2) is 0 Å². The first-order valence-electron chi connectivity index (χ1n) is 4.83. The van der Waals surface area contributed by atoms with Crippen molar-refractivity contribution in [2.45, 2.75) is 6.92 Å². The molecule has 6 heteroatoms. The summed E-state index contributed by atoms with van der Waals surface area (Å²) < 4.78 is 5.77. The highest BCUT2D eigenvalue weighted by Gasteiger charge is 2.19. The van der Waals surface area contributed by atoms with Crippen molar-refractivity contribution in [3.8, 4) is 5.75 Å². The van der Waals surface area contributed by atoms with Gasteiger partial charge in [-0.25, -0.2) is 4.98 Å². The number of methoxy groups -OCH3 is 1. The van der Waals surface area contributed by atoms with E-state index in [1.165, 1.54) is 13.2 Å². The van der Waals surface area contributed by atoms with Crippen LogP contribution in [0.3, 0.4) is 0 Å². The fourth-order valence-corrected chi connectivity index (χ4v) is 2.20. The van der Waals surface area contributed by atoms with Gasteiger partial charge in [0.25, 0.3) is 5.69 Å². The van der Waals surface area contributed by atoms with E-state index in [9.17, 15) is 10.1 Å². The van der Waals surface area contributed by atoms with Gasteiger partial charge in [0, 0.05) is 11.1 Å². The standard InChI is InChI=1S/C11H9BrN2O3/c1-6-3-4-7-10(12)9(17-2)5-8(14(15)16)11(7)13-6/h3-5H,1-2H3. The molecule has 0 saturated heterocycles. The lowest BCUT2D eigenvalue weighted by atomic mass is 10.1. The van der Waals surface area contributed by atoms with Crippen LogP contribution in [0.15, 0.2) is 22.7 Å². The Hall–Kier alpha value is -1.69. The molecule has 88 valence electrons. The normalized spacial score (nSPS) is 10.5. The summed E-state index contributed by atoms with van der Waals surface area (Å²) in [5.74, 6) is 0.426. The predicted octanol–water partition coefficient (Wildman–Crippen LogP) is 3.22. The lowest BCUT2D eigenvalue weighted by molar-refractivity contribution is -0.383. The zero-order chi connectivity index (χ0) is 12.6. The molecule has 2 rings (SSSR count). The number of ether oxygens (including phenoxy) is 1. The minimum atomic E-state index is -0.455. The van der Waals surface area contributed by atoms with Crippen molar-refractivity contribution in [1.82, 2.24) is 4.98 Å². The van der Waals surface area contributed by atoms with E-state index >= 15 is 0 Å². The molecule has 17 heavy (non-hydrogen) atoms. The molecule has 1 aromatic heterocycles. The van der Waals surface area contributed by atoms with Crippen LogP contribution in [0.2, 0.25) is 0 Å². The maximum Gasteiger partial charge on any atom is 0.299 e. The second-order valence-corrected chi connectivity index (χ2v) is 4.31. The number of nitro groups is 1. The van der Waals surface area contributed by atoms with E-state index in [0.29, 0.717) is 21.1 Å². The molecule has 0 spiro atoms. The van der Waals surface area contributed by atoms with Gasteiger partial charge in [0.2, 0.25) is 0 Å². The third-order valence-electron chi connectivity index (χ3n) is 2.41. The van der Waals surface area contributed by atoms with Crippen molar-refractivity contribution in [2.24, 2.45) is 0 Å². The fourth-order valence-electron chi connectivity index (χ4n) is 1.61. The molecule has 0 saturated carbocycles. The lowest BCUT2D eigenvalue weighted by Crippen LogP contribution is -1.96. The molecule has 0 atom stereocenters. The number of fused-ring (bicyclic) bond motifs is 1. The zero-order valence-electron chi connectivity index (χ0n) is 9.23. The molecule has 0 radical (unpaired) electrons. The average Bonchev–Trinajstić information content (AvgIpc) is 2.29. The third kappa shape index (κ3) is 1.95. The van der Waals surface area contributed by atoms with Gasteiger partial charge < -0.3 is 4.74 Å². The van der Waals surface area contributed by atoms with E-state index in [-0.39, 0.29) is 5.69 Å². The molecule has 0 amide bonds. The van der Waals surface area contributed by atoms with Gasteiger partial charge >= 0.3 is 0 Å². The van der Waals surface area contributed by atoms with Crippen molar-refractivity contribution in [3.05, 3.63) is 38.5 Å². The Morgan fingerprint density at radius 1 is 1.47 bits per heavy atom. The first-order chi connectivity index (χ1) is 8.04. The number of aryl methyl sites for hydroxylation is 1. The first-order valence-corrected chi connectivity index (χ1v) is 5.62. The summed E-state index contributed by atoms with van der Waals surface area (Å²) in [4.78, 5) is 14.8. The number of nitrogens with zero attached hydrogens (tertiary/aromatic N) is 2. The maximum absolute atomic E-state index is 11.0. The molecule has 5 nitrogen and oxygen atoms in total. The van der Waals surface area contributed by atoms with Crippen LogP contribution in [-0.4, -0.2) is 17.0 Å². The molecule has 1 heterocycles. The number of rotatable bonds is 2. The number of benzene rings is 1. The van der Waals surface area contributed by atoms with Crippen molar-refractivity contribution in [3.63, 3.8) is 0 Å². The van der Waals surface area contributed by atoms with Crippen molar-refractivity contribution < 1.29 is 9.66 Å². The molecule has 2 aromatic rings. The largest absolute Gasteiger partial charge is 0.495 e. The molecule has 0 bridgehead atoms. The van der Waals surface area contributed by atoms with Crippen molar-refractivity contribution >= 4 is 32.5 Å². The van der Waals surface area contributed by atoms with Crippen LogP contribution in [-0.2, 0) is 0 Å². The average molecular weight is 297 g/mol. The van der Waals surface area contributed by atoms with E-state index in [1.807, 2.05) is 0 Å². The minimum Gasteiger partial charge on any atom is -0.495 e. The van der Waals surface area contributed by atoms with Crippen LogP contribution < -0.4 is 4.74 Å². The Bertz CT molecular complexity index is 613. The molecule has 0 N–H and O–H groups in total. The van der Waals surface area contributed by atoms with Crippen LogP contribution in [0.25, 0.3) is 10.9 Å². The number of hydrogen-bond donors (Lipinski definition) is 0. The summed E-state index contributed by atoms with van der Waals surface area (Å²) in [6, 6.07) is 4.96. The molecule has 0 aliphatic rings. The molecular formula is C11H9BrN2O3. The van der Waals surface area contributed by atoms with Gasteiger partial charge in [-0.1, -0.05) is 0 Å². The van der Waals surface area contributed by atoms with Gasteiger partial charge in [0.1, 0.15) is 11.3 Å². The summed E-state index contributed by atoms with van der Waals surface area (Å²) in [6.07, 6.45) is 0. The Labute approximate surface area is 106 Å². The van der Waals surface area contributed by atoms with Gasteiger partial charge in [-0.2, -0.15) is 0 Å². The van der Waals surface area contributed by atoms with Gasteiger partial charge in [-0.05, 0) is 35.0 Å². The van der Waals surface area contributed by atoms with Crippen molar-refractivity contribution in [2.75, 3.05) is 7.11 Å². The minimum absolute atomic E-state index is 0.0521. The molecular weight excluding hydrogens is 288 g/mol. The second-order valence-electron chi connectivity index (χ2n) is 3.52. The number of halogens is 1. The monoisotopic (exact) mass is 296 g/mol. The van der Waals surface area contributed by atoms with Crippen LogP contribution >= 0.6 is 15.9 Å². The Morgan fingerprint density at radius 3 is 2.76 bits per heavy atom. The maximum atomic E-state index is 11.0. The van der Waals surface area contributed by atoms with E-state index in [0.717, 1.165) is 5.69 Å². The molecule has 0 aliphatic heterocycles. The van der Waals surface area contributed by atoms with Crippen LogP contribution in [0.4, 0.5) is 5.69 Å². The summed E-state index contributed by atoms with van der Waals surface area (Å²) in [5, 5.41) is 11.7. The Balaban J connectivity index is 2.92. The van der Waals surface area contributed by atoms with Gasteiger partial charge in [-0.15, -0.1) is 0 Å². The predicted molar refractivity (Wildman–Crippen MR) is 67.4 cm³/mol. The summed E-state index contributed by atoms with van der Waals surface area (Å²) in [6.45, 7) is 1.79. The zero-order valence-corrected chi connectivity index (χ0v) is 10.8. The third-order valence-corrected chi connectivity index (χ3v) is 3.23. The quantitative estimate of drug-likeness (QED) is 0.630. The number of aromatic nitrogens is 1. The first kappa shape index (κ1) is 11.8. The number of non-ortho nitro benzene ring substituents is 1. The number of nitro benzene ring substituents is 1. The van der Waals surface area contributed by atoms with Gasteiger partial charge in [-0.3, -0.25) is 10.1 Å². The van der Waals surface area contributed by atoms with E-state index in [1.54, 1.807) is 19.1 Å². The molecule has 0 fully saturated rings. The molecule has 0 unspecified atom stereocenters. The van der Waals surface area contributed by atoms with E-state index in [4.69, 9.17) is 4.74 Å². The van der Waals surface area contributed by atoms with Gasteiger partial charge in [0.05, 0.1) is 22.6 Å². The Morgan fingerprint density at radius 2 is 2.18 bits per heavy atom. The summed E-state index contributed by atoms with van der Waals surface area (Å²) >= 11 is 3.36. The smallest absolute Gasteiger partial charge is 0.299 e. The fraction of sp³-hybridized carbons (Fsp3) is 0.182. The second kappa shape index (κ2) is 4.29. The van der Waals surface area contributed by atoms with Crippen LogP contribution in [0.5, 0.6) is 5.75 Å². The Kier molecular flexibility index (Phi) is 2.97. The topological polar surface area (TPSA) is 65.3 Å². The van der Waals surface area contributed by atoms with E-state index in [2.05, 4.69) is 20.9 Å². The summed E-state index contributed by atoms with van der Waals surface area (Å²) in [7, 11) is 1.47. The highest BCUT2D eigenvalue weighted by Crippen LogP contribution is 2.38. The highest BCUT2D eigenvalue weighted by atomic mass is 79.9. The van der Waals surface area contributed by atoms with Crippen LogP contribution in [0, 0.1) is 17.0 Å². The van der Waals surface area contributed by atoms with E-state index < -0.39 is 4.92 Å². The number of hydrogen-bond acceptors (Lipinski definition) is 4. The molecule has 0 aliphatic carbocycles. The van der Waals surface area contributed by atoms with Crippen LogP contribution in [0.1, 0.15) is 5.69 Å². The summed E-state index contributed by atoms with van der Waals surface area (Å²) in [5.41, 5.74) is 1.05. The van der Waals surface area contributed by atoms with Crippen molar-refractivity contribution in [1.29, 1.82) is 0 Å². The highest BCUT2D eigenvalue weighted by molar-refractivity contribution is 9.10.